The van der Waals surface area contributed by atoms with Crippen LogP contribution in [0.25, 0.3) is 0 Å². The van der Waals surface area contributed by atoms with Gasteiger partial charge in [-0.3, -0.25) is 4.79 Å². The molecule has 0 aliphatic heterocycles. The molecule has 0 aromatic carbocycles. The predicted octanol–water partition coefficient (Wildman–Crippen LogP) is 3.11. The van der Waals surface area contributed by atoms with Crippen LogP contribution in [0.2, 0.25) is 0 Å². The second kappa shape index (κ2) is 8.80. The van der Waals surface area contributed by atoms with Crippen LogP contribution in [0.4, 0.5) is 0 Å². The molecule has 0 radical (unpaired) electrons. The smallest absolute Gasteiger partial charge is 0.237 e. The minimum atomic E-state index is -0.352. The van der Waals surface area contributed by atoms with Crippen LogP contribution in [0.3, 0.4) is 0 Å². The second-order valence-electron chi connectivity index (χ2n) is 6.29. The first-order valence-corrected chi connectivity index (χ1v) is 7.51. The molecule has 3 N–H and O–H groups in total. The third-order valence-corrected chi connectivity index (χ3v) is 4.56. The van der Waals surface area contributed by atoms with Crippen molar-refractivity contribution in [3.63, 3.8) is 0 Å². The van der Waals surface area contributed by atoms with Crippen molar-refractivity contribution < 1.29 is 4.79 Å². The van der Waals surface area contributed by atoms with E-state index in [1.807, 2.05) is 6.92 Å². The van der Waals surface area contributed by atoms with Crippen LogP contribution in [-0.2, 0) is 4.79 Å². The number of rotatable bonds is 5. The van der Waals surface area contributed by atoms with Crippen LogP contribution in [-0.4, -0.2) is 18.0 Å². The highest BCUT2D eigenvalue weighted by atomic mass is 35.5. The highest BCUT2D eigenvalue weighted by Gasteiger charge is 2.27. The third kappa shape index (κ3) is 5.70. The van der Waals surface area contributed by atoms with Gasteiger partial charge in [-0.1, -0.05) is 47.0 Å². The maximum absolute atomic E-state index is 12.1. The molecule has 0 heterocycles. The molecule has 3 nitrogen and oxygen atoms in total. The fourth-order valence-corrected chi connectivity index (χ4v) is 2.77. The Morgan fingerprint density at radius 2 is 1.95 bits per heavy atom. The largest absolute Gasteiger partial charge is 0.352 e. The lowest BCUT2D eigenvalue weighted by atomic mass is 9.79. The number of carbonyl (C=O) groups is 1. The van der Waals surface area contributed by atoms with Crippen molar-refractivity contribution in [2.24, 2.45) is 23.5 Å². The summed E-state index contributed by atoms with van der Waals surface area (Å²) < 4.78 is 0. The minimum absolute atomic E-state index is 0. The fourth-order valence-electron chi connectivity index (χ4n) is 2.77. The molecule has 1 fully saturated rings. The van der Waals surface area contributed by atoms with Gasteiger partial charge in [-0.15, -0.1) is 12.4 Å². The molecule has 19 heavy (non-hydrogen) atoms. The van der Waals surface area contributed by atoms with Gasteiger partial charge < -0.3 is 11.1 Å². The van der Waals surface area contributed by atoms with E-state index in [0.717, 1.165) is 25.2 Å². The molecule has 1 amide bonds. The Kier molecular flexibility index (Phi) is 8.67. The van der Waals surface area contributed by atoms with Gasteiger partial charge >= 0.3 is 0 Å². The average Bonchev–Trinajstić information content (AvgIpc) is 2.37. The quantitative estimate of drug-likeness (QED) is 0.817. The lowest BCUT2D eigenvalue weighted by molar-refractivity contribution is -0.124. The Bertz CT molecular complexity index is 271. The van der Waals surface area contributed by atoms with E-state index in [1.54, 1.807) is 0 Å². The summed E-state index contributed by atoms with van der Waals surface area (Å²) in [6, 6.07) is -0.0109. The zero-order valence-corrected chi connectivity index (χ0v) is 13.6. The van der Waals surface area contributed by atoms with Crippen LogP contribution < -0.4 is 11.1 Å². The fraction of sp³-hybridized carbons (Fsp3) is 0.933. The zero-order valence-electron chi connectivity index (χ0n) is 12.8. The molecule has 4 atom stereocenters. The lowest BCUT2D eigenvalue weighted by Gasteiger charge is -2.33. The number of halogens is 1. The van der Waals surface area contributed by atoms with Gasteiger partial charge in [0.15, 0.2) is 0 Å². The summed E-state index contributed by atoms with van der Waals surface area (Å²) in [5, 5.41) is 3.15. The van der Waals surface area contributed by atoms with Crippen molar-refractivity contribution in [1.82, 2.24) is 5.32 Å². The number of carbonyl (C=O) groups excluding carboxylic acids is 1. The van der Waals surface area contributed by atoms with Crippen molar-refractivity contribution >= 4 is 18.3 Å². The van der Waals surface area contributed by atoms with Gasteiger partial charge in [0.05, 0.1) is 6.04 Å². The molecule has 4 unspecified atom stereocenters. The predicted molar refractivity (Wildman–Crippen MR) is 83.4 cm³/mol. The molecule has 1 rings (SSSR count). The van der Waals surface area contributed by atoms with Crippen molar-refractivity contribution in [3.05, 3.63) is 0 Å². The van der Waals surface area contributed by atoms with Gasteiger partial charge in [-0.05, 0) is 30.6 Å². The molecule has 0 aromatic rings. The van der Waals surface area contributed by atoms with Crippen LogP contribution in [0.5, 0.6) is 0 Å². The van der Waals surface area contributed by atoms with Gasteiger partial charge in [0.1, 0.15) is 0 Å². The Labute approximate surface area is 124 Å². The Morgan fingerprint density at radius 1 is 1.32 bits per heavy atom. The molecule has 114 valence electrons. The molecular formula is C15H31ClN2O. The SMILES string of the molecule is CCC(C)C(N)C(=O)NC1CCCC(C(C)C)C1.Cl. The summed E-state index contributed by atoms with van der Waals surface area (Å²) in [7, 11) is 0. The van der Waals surface area contributed by atoms with Crippen LogP contribution in [0.1, 0.15) is 59.8 Å². The molecular weight excluding hydrogens is 260 g/mol. The molecule has 1 aliphatic rings. The van der Waals surface area contributed by atoms with Gasteiger partial charge in [0, 0.05) is 6.04 Å². The highest BCUT2D eigenvalue weighted by Crippen LogP contribution is 2.29. The second-order valence-corrected chi connectivity index (χ2v) is 6.29. The maximum atomic E-state index is 12.1. The van der Waals surface area contributed by atoms with Crippen LogP contribution in [0, 0.1) is 17.8 Å². The Balaban J connectivity index is 0.00000324. The summed E-state index contributed by atoms with van der Waals surface area (Å²) in [6.45, 7) is 8.68. The Hall–Kier alpha value is -0.280. The third-order valence-electron chi connectivity index (χ3n) is 4.56. The van der Waals surface area contributed by atoms with Gasteiger partial charge in [0.2, 0.25) is 5.91 Å². The van der Waals surface area contributed by atoms with E-state index in [2.05, 4.69) is 26.1 Å². The van der Waals surface area contributed by atoms with E-state index in [1.165, 1.54) is 12.8 Å². The lowest BCUT2D eigenvalue weighted by Crippen LogP contribution is -2.49. The number of nitrogens with one attached hydrogen (secondary N) is 1. The van der Waals surface area contributed by atoms with Gasteiger partial charge in [-0.25, -0.2) is 0 Å². The number of amides is 1. The highest BCUT2D eigenvalue weighted by molar-refractivity contribution is 5.85. The number of hydrogen-bond acceptors (Lipinski definition) is 2. The first-order chi connectivity index (χ1) is 8.45. The van der Waals surface area contributed by atoms with Gasteiger partial charge in [-0.2, -0.15) is 0 Å². The van der Waals surface area contributed by atoms with Crippen molar-refractivity contribution in [2.45, 2.75) is 71.9 Å². The molecule has 4 heteroatoms. The first kappa shape index (κ1) is 18.7. The molecule has 0 bridgehead atoms. The summed E-state index contributed by atoms with van der Waals surface area (Å²) in [6.07, 6.45) is 5.72. The summed E-state index contributed by atoms with van der Waals surface area (Å²) in [5.41, 5.74) is 5.97. The van der Waals surface area contributed by atoms with E-state index >= 15 is 0 Å². The minimum Gasteiger partial charge on any atom is -0.352 e. The summed E-state index contributed by atoms with van der Waals surface area (Å²) in [4.78, 5) is 12.1. The number of nitrogens with two attached hydrogens (primary N) is 1. The maximum Gasteiger partial charge on any atom is 0.237 e. The first-order valence-electron chi connectivity index (χ1n) is 7.51. The standard InChI is InChI=1S/C15H30N2O.ClH/c1-5-11(4)14(16)15(18)17-13-8-6-7-12(9-13)10(2)3;/h10-14H,5-9,16H2,1-4H3,(H,17,18);1H. The van der Waals surface area contributed by atoms with E-state index in [9.17, 15) is 4.79 Å². The van der Waals surface area contributed by atoms with Crippen molar-refractivity contribution in [1.29, 1.82) is 0 Å². The molecule has 1 saturated carbocycles. The summed E-state index contributed by atoms with van der Waals surface area (Å²) >= 11 is 0. The van der Waals surface area contributed by atoms with Crippen LogP contribution >= 0.6 is 12.4 Å². The topological polar surface area (TPSA) is 55.1 Å². The molecule has 0 saturated heterocycles. The van der Waals surface area contributed by atoms with E-state index in [0.29, 0.717) is 12.0 Å². The summed E-state index contributed by atoms with van der Waals surface area (Å²) in [5.74, 6) is 1.77. The Morgan fingerprint density at radius 3 is 2.47 bits per heavy atom. The number of hydrogen-bond donors (Lipinski definition) is 2. The van der Waals surface area contributed by atoms with Crippen molar-refractivity contribution in [2.75, 3.05) is 0 Å². The molecule has 0 spiro atoms. The van der Waals surface area contributed by atoms with E-state index < -0.39 is 0 Å². The van der Waals surface area contributed by atoms with Crippen molar-refractivity contribution in [3.8, 4) is 0 Å². The zero-order chi connectivity index (χ0) is 13.7. The normalized spacial score (nSPS) is 26.4. The average molecular weight is 291 g/mol. The molecule has 0 aromatic heterocycles. The van der Waals surface area contributed by atoms with Gasteiger partial charge in [0.25, 0.3) is 0 Å². The monoisotopic (exact) mass is 290 g/mol. The van der Waals surface area contributed by atoms with E-state index in [4.69, 9.17) is 5.73 Å². The van der Waals surface area contributed by atoms with Crippen LogP contribution in [0.15, 0.2) is 0 Å². The molecule has 1 aliphatic carbocycles. The van der Waals surface area contributed by atoms with E-state index in [-0.39, 0.29) is 30.3 Å².